The Hall–Kier alpha value is -0.260. The number of rotatable bonds is 19. The molecule has 0 aromatic carbocycles. The zero-order valence-electron chi connectivity index (χ0n) is 17.5. The van der Waals surface area contributed by atoms with Crippen LogP contribution in [-0.4, -0.2) is 0 Å². The SMILES string of the molecule is CCCCCCCC/C=C/CCCCCCCCCCCC(C)C. The molecule has 0 aliphatic rings. The molecule has 144 valence electrons. The van der Waals surface area contributed by atoms with Gasteiger partial charge in [-0.05, 0) is 31.6 Å². The molecular weight excluding hydrogens is 288 g/mol. The fourth-order valence-corrected chi connectivity index (χ4v) is 3.33. The normalized spacial score (nSPS) is 11.8. The van der Waals surface area contributed by atoms with Crippen molar-refractivity contribution >= 4 is 0 Å². The van der Waals surface area contributed by atoms with Crippen molar-refractivity contribution in [1.82, 2.24) is 0 Å². The van der Waals surface area contributed by atoms with Crippen LogP contribution in [0.5, 0.6) is 0 Å². The molecule has 0 bridgehead atoms. The lowest BCUT2D eigenvalue weighted by atomic mass is 10.0. The van der Waals surface area contributed by atoms with Crippen LogP contribution in [-0.2, 0) is 0 Å². The molecule has 0 radical (unpaired) electrons. The molecule has 0 aliphatic carbocycles. The molecule has 0 aliphatic heterocycles. The minimum Gasteiger partial charge on any atom is -0.0885 e. The van der Waals surface area contributed by atoms with Crippen LogP contribution in [0.2, 0.25) is 0 Å². The minimum atomic E-state index is 0.893. The highest BCUT2D eigenvalue weighted by Gasteiger charge is 1.95. The van der Waals surface area contributed by atoms with Crippen molar-refractivity contribution in [3.05, 3.63) is 12.2 Å². The van der Waals surface area contributed by atoms with Gasteiger partial charge in [0.1, 0.15) is 0 Å². The van der Waals surface area contributed by atoms with Crippen LogP contribution in [0.4, 0.5) is 0 Å². The van der Waals surface area contributed by atoms with E-state index in [1.54, 1.807) is 0 Å². The predicted octanol–water partition coefficient (Wildman–Crippen LogP) is 9.24. The van der Waals surface area contributed by atoms with Crippen LogP contribution in [0.25, 0.3) is 0 Å². The lowest BCUT2D eigenvalue weighted by molar-refractivity contribution is 0.506. The lowest BCUT2D eigenvalue weighted by Crippen LogP contribution is -1.87. The van der Waals surface area contributed by atoms with E-state index < -0.39 is 0 Å². The molecule has 0 unspecified atom stereocenters. The van der Waals surface area contributed by atoms with Gasteiger partial charge in [-0.1, -0.05) is 123 Å². The van der Waals surface area contributed by atoms with Crippen molar-refractivity contribution in [3.63, 3.8) is 0 Å². The van der Waals surface area contributed by atoms with Crippen LogP contribution in [0.1, 0.15) is 136 Å². The van der Waals surface area contributed by atoms with E-state index >= 15 is 0 Å². The predicted molar refractivity (Wildman–Crippen MR) is 113 cm³/mol. The van der Waals surface area contributed by atoms with Crippen LogP contribution in [0.15, 0.2) is 12.2 Å². The molecule has 0 amide bonds. The first-order chi connectivity index (χ1) is 11.8. The molecule has 0 saturated carbocycles. The maximum absolute atomic E-state index is 2.43. The van der Waals surface area contributed by atoms with Gasteiger partial charge in [-0.25, -0.2) is 0 Å². The van der Waals surface area contributed by atoms with Gasteiger partial charge < -0.3 is 0 Å². The molecule has 0 aromatic rings. The Morgan fingerprint density at radius 2 is 0.875 bits per heavy atom. The smallest absolute Gasteiger partial charge is 0.0351 e. The molecule has 24 heavy (non-hydrogen) atoms. The van der Waals surface area contributed by atoms with Crippen LogP contribution >= 0.6 is 0 Å². The Balaban J connectivity index is 3.05. The second-order valence-electron chi connectivity index (χ2n) is 8.18. The van der Waals surface area contributed by atoms with Gasteiger partial charge in [0.25, 0.3) is 0 Å². The maximum Gasteiger partial charge on any atom is -0.0351 e. The third-order valence-corrected chi connectivity index (χ3v) is 5.04. The van der Waals surface area contributed by atoms with Crippen molar-refractivity contribution in [2.45, 2.75) is 136 Å². The largest absolute Gasteiger partial charge is 0.0885 e. The first-order valence-corrected chi connectivity index (χ1v) is 11.4. The zero-order valence-corrected chi connectivity index (χ0v) is 17.5. The summed E-state index contributed by atoms with van der Waals surface area (Å²) >= 11 is 0. The van der Waals surface area contributed by atoms with Gasteiger partial charge in [0, 0.05) is 0 Å². The molecule has 0 atom stereocenters. The summed E-state index contributed by atoms with van der Waals surface area (Å²) in [5.74, 6) is 0.893. The summed E-state index contributed by atoms with van der Waals surface area (Å²) in [6.07, 6.45) is 30.5. The van der Waals surface area contributed by atoms with Crippen LogP contribution in [0, 0.1) is 5.92 Å². The number of allylic oxidation sites excluding steroid dienone is 2. The van der Waals surface area contributed by atoms with Gasteiger partial charge in [0.05, 0.1) is 0 Å². The molecule has 0 rings (SSSR count). The Kier molecular flexibility index (Phi) is 20.6. The first kappa shape index (κ1) is 23.7. The third kappa shape index (κ3) is 21.7. The molecule has 0 aromatic heterocycles. The molecule has 0 N–H and O–H groups in total. The monoisotopic (exact) mass is 336 g/mol. The summed E-state index contributed by atoms with van der Waals surface area (Å²) in [5, 5.41) is 0. The van der Waals surface area contributed by atoms with E-state index in [1.807, 2.05) is 0 Å². The molecule has 0 saturated heterocycles. The van der Waals surface area contributed by atoms with E-state index in [2.05, 4.69) is 32.9 Å². The van der Waals surface area contributed by atoms with Gasteiger partial charge in [0.2, 0.25) is 0 Å². The van der Waals surface area contributed by atoms with Gasteiger partial charge in [0.15, 0.2) is 0 Å². The summed E-state index contributed by atoms with van der Waals surface area (Å²) < 4.78 is 0. The van der Waals surface area contributed by atoms with E-state index in [1.165, 1.54) is 116 Å². The van der Waals surface area contributed by atoms with Gasteiger partial charge >= 0.3 is 0 Å². The van der Waals surface area contributed by atoms with Crippen molar-refractivity contribution in [3.8, 4) is 0 Å². The maximum atomic E-state index is 2.43. The van der Waals surface area contributed by atoms with E-state index in [9.17, 15) is 0 Å². The Morgan fingerprint density at radius 3 is 1.29 bits per heavy atom. The summed E-state index contributed by atoms with van der Waals surface area (Å²) in [5.41, 5.74) is 0. The second-order valence-corrected chi connectivity index (χ2v) is 8.18. The van der Waals surface area contributed by atoms with Crippen molar-refractivity contribution in [2.24, 2.45) is 5.92 Å². The number of hydrogen-bond donors (Lipinski definition) is 0. The molecule has 0 heteroatoms. The highest BCUT2D eigenvalue weighted by Crippen LogP contribution is 2.13. The van der Waals surface area contributed by atoms with E-state index in [0.717, 1.165) is 5.92 Å². The summed E-state index contributed by atoms with van der Waals surface area (Å²) in [4.78, 5) is 0. The average molecular weight is 337 g/mol. The van der Waals surface area contributed by atoms with E-state index in [0.29, 0.717) is 0 Å². The van der Waals surface area contributed by atoms with E-state index in [-0.39, 0.29) is 0 Å². The van der Waals surface area contributed by atoms with Crippen molar-refractivity contribution in [2.75, 3.05) is 0 Å². The lowest BCUT2D eigenvalue weighted by Gasteiger charge is -2.04. The minimum absolute atomic E-state index is 0.893. The quantitative estimate of drug-likeness (QED) is 0.163. The fourth-order valence-electron chi connectivity index (χ4n) is 3.33. The molecular formula is C24H48. The number of hydrogen-bond acceptors (Lipinski definition) is 0. The molecule has 0 heterocycles. The third-order valence-electron chi connectivity index (χ3n) is 5.04. The molecule has 0 spiro atoms. The Bertz CT molecular complexity index is 238. The summed E-state index contributed by atoms with van der Waals surface area (Å²) in [6, 6.07) is 0. The highest BCUT2D eigenvalue weighted by molar-refractivity contribution is 4.81. The fraction of sp³-hybridized carbons (Fsp3) is 0.917. The molecule has 0 fully saturated rings. The number of unbranched alkanes of at least 4 members (excludes halogenated alkanes) is 15. The first-order valence-electron chi connectivity index (χ1n) is 11.4. The summed E-state index contributed by atoms with van der Waals surface area (Å²) in [7, 11) is 0. The zero-order chi connectivity index (χ0) is 17.7. The average Bonchev–Trinajstić information content (AvgIpc) is 2.56. The standard InChI is InChI=1S/C24H48/c1-4-5-6-7-8-9-10-11-12-13-14-15-16-17-18-19-20-21-22-23-24(2)3/h11-12,24H,4-10,13-23H2,1-3H3/b12-11+. The van der Waals surface area contributed by atoms with Crippen molar-refractivity contribution < 1.29 is 0 Å². The topological polar surface area (TPSA) is 0 Å². The van der Waals surface area contributed by atoms with E-state index in [4.69, 9.17) is 0 Å². The van der Waals surface area contributed by atoms with Crippen LogP contribution < -0.4 is 0 Å². The van der Waals surface area contributed by atoms with Gasteiger partial charge in [-0.15, -0.1) is 0 Å². The van der Waals surface area contributed by atoms with Crippen molar-refractivity contribution in [1.29, 1.82) is 0 Å². The van der Waals surface area contributed by atoms with Gasteiger partial charge in [-0.2, -0.15) is 0 Å². The second kappa shape index (κ2) is 20.8. The van der Waals surface area contributed by atoms with Gasteiger partial charge in [-0.3, -0.25) is 0 Å². The summed E-state index contributed by atoms with van der Waals surface area (Å²) in [6.45, 7) is 6.96. The Morgan fingerprint density at radius 1 is 0.500 bits per heavy atom. The Labute approximate surface area is 154 Å². The van der Waals surface area contributed by atoms with Crippen LogP contribution in [0.3, 0.4) is 0 Å². The highest BCUT2D eigenvalue weighted by atomic mass is 14.0. The molecule has 0 nitrogen and oxygen atoms in total.